The first-order valence-corrected chi connectivity index (χ1v) is 6.44. The van der Waals surface area contributed by atoms with Crippen molar-refractivity contribution >= 4 is 5.97 Å². The third-order valence-corrected chi connectivity index (χ3v) is 3.68. The second-order valence-corrected chi connectivity index (χ2v) is 5.40. The topological polar surface area (TPSA) is 44.8 Å². The van der Waals surface area contributed by atoms with E-state index in [4.69, 9.17) is 14.2 Å². The third-order valence-electron chi connectivity index (χ3n) is 3.68. The summed E-state index contributed by atoms with van der Waals surface area (Å²) in [6.07, 6.45) is 6.06. The molecule has 0 unspecified atom stereocenters. The first-order valence-electron chi connectivity index (χ1n) is 6.44. The fourth-order valence-corrected chi connectivity index (χ4v) is 3.03. The molecule has 1 aliphatic heterocycles. The molecule has 2 bridgehead atoms. The molecule has 3 aliphatic carbocycles. The molecule has 4 nitrogen and oxygen atoms in total. The van der Waals surface area contributed by atoms with Crippen LogP contribution < -0.4 is 0 Å². The summed E-state index contributed by atoms with van der Waals surface area (Å²) in [6, 6.07) is 0. The van der Waals surface area contributed by atoms with Crippen molar-refractivity contribution in [3.8, 4) is 0 Å². The number of hydrogen-bond acceptors (Lipinski definition) is 4. The summed E-state index contributed by atoms with van der Waals surface area (Å²) in [5.74, 6) is -0.735. The van der Waals surface area contributed by atoms with Crippen LogP contribution in [0.3, 0.4) is 0 Å². The van der Waals surface area contributed by atoms with Gasteiger partial charge in [-0.25, -0.2) is 4.79 Å². The molecule has 4 heteroatoms. The van der Waals surface area contributed by atoms with Crippen LogP contribution in [0.4, 0.5) is 0 Å². The number of carbonyl (C=O) groups is 1. The maximum Gasteiger partial charge on any atom is 0.334 e. The van der Waals surface area contributed by atoms with E-state index in [2.05, 4.69) is 6.08 Å². The van der Waals surface area contributed by atoms with Crippen LogP contribution in [0, 0.1) is 11.8 Å². The smallest absolute Gasteiger partial charge is 0.334 e. The average molecular weight is 250 g/mol. The lowest BCUT2D eigenvalue weighted by molar-refractivity contribution is -0.149. The summed E-state index contributed by atoms with van der Waals surface area (Å²) < 4.78 is 16.9. The van der Waals surface area contributed by atoms with Gasteiger partial charge in [-0.2, -0.15) is 0 Å². The predicted octanol–water partition coefficient (Wildman–Crippen LogP) is 1.81. The number of ether oxygens (including phenoxy) is 3. The molecule has 0 spiro atoms. The Morgan fingerprint density at radius 1 is 1.33 bits per heavy atom. The minimum absolute atomic E-state index is 0.0215. The Labute approximate surface area is 107 Å². The minimum atomic E-state index is -0.574. The Balaban J connectivity index is 1.88. The van der Waals surface area contributed by atoms with Crippen LogP contribution in [0.2, 0.25) is 0 Å². The second kappa shape index (κ2) is 3.93. The lowest BCUT2D eigenvalue weighted by atomic mass is 9.73. The fourth-order valence-electron chi connectivity index (χ4n) is 3.03. The average Bonchev–Trinajstić information content (AvgIpc) is 2.66. The van der Waals surface area contributed by atoms with Crippen LogP contribution in [0.1, 0.15) is 20.8 Å². The molecule has 1 fully saturated rings. The van der Waals surface area contributed by atoms with E-state index in [-0.39, 0.29) is 30.0 Å². The molecule has 4 atom stereocenters. The van der Waals surface area contributed by atoms with E-state index in [1.807, 2.05) is 32.9 Å². The molecular weight excluding hydrogens is 232 g/mol. The van der Waals surface area contributed by atoms with Gasteiger partial charge in [0.05, 0.1) is 18.8 Å². The van der Waals surface area contributed by atoms with Gasteiger partial charge in [0.15, 0.2) is 5.79 Å². The van der Waals surface area contributed by atoms with Gasteiger partial charge in [-0.15, -0.1) is 0 Å². The van der Waals surface area contributed by atoms with Crippen LogP contribution in [0.5, 0.6) is 0 Å². The van der Waals surface area contributed by atoms with Crippen molar-refractivity contribution in [2.45, 2.75) is 38.8 Å². The standard InChI is InChI=1S/C14H18O4/c1-4-16-13(15)10-7-8-5-6-9(10)12-11(8)17-14(2,3)18-12/h5-9,11-12H,4H2,1-3H3/t8-,9+,11-,12+/m1/s1. The highest BCUT2D eigenvalue weighted by Gasteiger charge is 2.53. The Kier molecular flexibility index (Phi) is 2.61. The van der Waals surface area contributed by atoms with Crippen molar-refractivity contribution in [3.63, 3.8) is 0 Å². The quantitative estimate of drug-likeness (QED) is 0.554. The van der Waals surface area contributed by atoms with Gasteiger partial charge in [-0.05, 0) is 20.8 Å². The highest BCUT2D eigenvalue weighted by Crippen LogP contribution is 2.46. The Bertz CT molecular complexity index is 435. The number of hydrogen-bond donors (Lipinski definition) is 0. The van der Waals surface area contributed by atoms with E-state index in [1.54, 1.807) is 0 Å². The van der Waals surface area contributed by atoms with Gasteiger partial charge in [-0.3, -0.25) is 0 Å². The van der Waals surface area contributed by atoms with Crippen molar-refractivity contribution < 1.29 is 19.0 Å². The Morgan fingerprint density at radius 2 is 2.06 bits per heavy atom. The van der Waals surface area contributed by atoms with Gasteiger partial charge in [0, 0.05) is 17.4 Å². The first-order chi connectivity index (χ1) is 8.52. The molecule has 0 saturated carbocycles. The summed E-state index contributed by atoms with van der Waals surface area (Å²) in [5.41, 5.74) is 0.715. The van der Waals surface area contributed by atoms with E-state index in [1.165, 1.54) is 0 Å². The molecule has 4 rings (SSSR count). The molecule has 1 heterocycles. The van der Waals surface area contributed by atoms with Crippen LogP contribution in [0.25, 0.3) is 0 Å². The third kappa shape index (κ3) is 1.71. The van der Waals surface area contributed by atoms with Crippen molar-refractivity contribution in [2.75, 3.05) is 6.61 Å². The molecule has 0 amide bonds. The van der Waals surface area contributed by atoms with Crippen LogP contribution in [-0.2, 0) is 19.0 Å². The molecule has 0 aromatic carbocycles. The summed E-state index contributed by atoms with van der Waals surface area (Å²) in [6.45, 7) is 6.04. The molecule has 0 N–H and O–H groups in total. The van der Waals surface area contributed by atoms with Gasteiger partial charge < -0.3 is 14.2 Å². The van der Waals surface area contributed by atoms with Crippen LogP contribution in [0.15, 0.2) is 23.8 Å². The van der Waals surface area contributed by atoms with E-state index in [0.29, 0.717) is 12.2 Å². The van der Waals surface area contributed by atoms with Gasteiger partial charge >= 0.3 is 5.97 Å². The maximum atomic E-state index is 11.9. The van der Waals surface area contributed by atoms with E-state index in [0.717, 1.165) is 0 Å². The predicted molar refractivity (Wildman–Crippen MR) is 64.7 cm³/mol. The second-order valence-electron chi connectivity index (χ2n) is 5.40. The molecule has 0 aromatic rings. The van der Waals surface area contributed by atoms with Crippen LogP contribution >= 0.6 is 0 Å². The molecular formula is C14H18O4. The van der Waals surface area contributed by atoms with Gasteiger partial charge in [0.2, 0.25) is 0 Å². The van der Waals surface area contributed by atoms with Gasteiger partial charge in [0.25, 0.3) is 0 Å². The Morgan fingerprint density at radius 3 is 2.78 bits per heavy atom. The molecule has 0 aromatic heterocycles. The van der Waals surface area contributed by atoms with E-state index < -0.39 is 5.79 Å². The normalized spacial score (nSPS) is 39.4. The number of esters is 1. The van der Waals surface area contributed by atoms with Gasteiger partial charge in [-0.1, -0.05) is 18.2 Å². The monoisotopic (exact) mass is 250 g/mol. The minimum Gasteiger partial charge on any atom is -0.463 e. The highest BCUT2D eigenvalue weighted by atomic mass is 16.8. The zero-order valence-corrected chi connectivity index (χ0v) is 10.9. The lowest BCUT2D eigenvalue weighted by Gasteiger charge is -2.37. The summed E-state index contributed by atoms with van der Waals surface area (Å²) in [5, 5.41) is 0. The highest BCUT2D eigenvalue weighted by molar-refractivity contribution is 5.90. The maximum absolute atomic E-state index is 11.9. The molecule has 1 saturated heterocycles. The molecule has 0 radical (unpaired) electrons. The number of rotatable bonds is 2. The molecule has 4 aliphatic rings. The van der Waals surface area contributed by atoms with Crippen molar-refractivity contribution in [3.05, 3.63) is 23.8 Å². The zero-order valence-electron chi connectivity index (χ0n) is 10.9. The lowest BCUT2D eigenvalue weighted by Crippen LogP contribution is -2.44. The molecule has 18 heavy (non-hydrogen) atoms. The van der Waals surface area contributed by atoms with Crippen LogP contribution in [-0.4, -0.2) is 30.6 Å². The van der Waals surface area contributed by atoms with Gasteiger partial charge in [0.1, 0.15) is 0 Å². The summed E-state index contributed by atoms with van der Waals surface area (Å²) in [7, 11) is 0. The Hall–Kier alpha value is -1.13. The summed E-state index contributed by atoms with van der Waals surface area (Å²) >= 11 is 0. The molecule has 98 valence electrons. The summed E-state index contributed by atoms with van der Waals surface area (Å²) in [4.78, 5) is 11.9. The number of carbonyl (C=O) groups excluding carboxylic acids is 1. The van der Waals surface area contributed by atoms with Crippen molar-refractivity contribution in [1.29, 1.82) is 0 Å². The first kappa shape index (κ1) is 11.9. The van der Waals surface area contributed by atoms with E-state index in [9.17, 15) is 4.79 Å². The van der Waals surface area contributed by atoms with E-state index >= 15 is 0 Å². The zero-order chi connectivity index (χ0) is 12.9. The van der Waals surface area contributed by atoms with Crippen molar-refractivity contribution in [2.24, 2.45) is 11.8 Å². The van der Waals surface area contributed by atoms with Crippen molar-refractivity contribution in [1.82, 2.24) is 0 Å². The SMILES string of the molecule is CCOC(=O)C1=C[C@H]2C=C[C@@H]1[C@@H]1OC(C)(C)O[C@H]21. The fraction of sp³-hybridized carbons (Fsp3) is 0.643. The largest absolute Gasteiger partial charge is 0.463 e.